The quantitative estimate of drug-likeness (QED) is 0.331. The Labute approximate surface area is 97.1 Å². The van der Waals surface area contributed by atoms with E-state index >= 15 is 0 Å². The van der Waals surface area contributed by atoms with Gasteiger partial charge in [0, 0.05) is 0 Å². The summed E-state index contributed by atoms with van der Waals surface area (Å²) in [5.74, 6) is 0. The van der Waals surface area contributed by atoms with Gasteiger partial charge in [0.05, 0.1) is 0 Å². The van der Waals surface area contributed by atoms with Crippen LogP contribution >= 0.6 is 0 Å². The molecule has 0 rings (SSSR count). The minimum Gasteiger partial charge on any atom is 1.00 e. The molecular formula is C3H9FKNV+. The minimum absolute atomic E-state index is 0. The Bertz CT molecular complexity index is 82.2. The zero-order valence-electron chi connectivity index (χ0n) is 6.69. The number of nitrogens with zero attached hydrogens (tertiary/aromatic N) is 1. The Hall–Kier alpha value is 1.95. The van der Waals surface area contributed by atoms with Gasteiger partial charge in [0.1, 0.15) is 0 Å². The maximum atomic E-state index is 11.8. The van der Waals surface area contributed by atoms with Crippen LogP contribution in [-0.2, 0) is 17.1 Å². The molecule has 0 radical (unpaired) electrons. The van der Waals surface area contributed by atoms with Crippen LogP contribution in [0.4, 0.5) is 4.48 Å². The second-order valence-corrected chi connectivity index (χ2v) is 1.74. The summed E-state index contributed by atoms with van der Waals surface area (Å²) in [5, 5.41) is 0. The first kappa shape index (κ1) is 8.95. The van der Waals surface area contributed by atoms with Gasteiger partial charge in [0.15, 0.2) is 0 Å². The largest absolute Gasteiger partial charge is 1.00 e. The monoisotopic (exact) mass is 172 g/mol. The van der Waals surface area contributed by atoms with E-state index in [0.717, 1.165) is 6.42 Å². The van der Waals surface area contributed by atoms with E-state index in [2.05, 4.69) is 0 Å². The molecule has 0 amide bonds. The van der Waals surface area contributed by atoms with Crippen LogP contribution in [0.2, 0.25) is 0 Å². The molecule has 0 N–H and O–H groups in total. The molecule has 38 valence electrons. The zero-order valence-corrected chi connectivity index (χ0v) is 9.21. The van der Waals surface area contributed by atoms with Gasteiger partial charge < -0.3 is 1.43 Å². The molecule has 4 heteroatoms. The summed E-state index contributed by atoms with van der Waals surface area (Å²) in [5.41, 5.74) is 0. The molecule has 0 bridgehead atoms. The normalized spacial score (nSPS) is 12.3. The van der Waals surface area contributed by atoms with E-state index in [4.69, 9.17) is 0.879 Å². The number of hydrogen-bond acceptors (Lipinski definition) is 0. The third-order valence-corrected chi connectivity index (χ3v) is 0.720. The Balaban J connectivity index is -0.000000180. The SMILES string of the molecule is [3H-].[3H][V]=[N+](F)CCC.[K+]. The van der Waals surface area contributed by atoms with Gasteiger partial charge in [0.2, 0.25) is 0 Å². The molecule has 0 fully saturated rings. The van der Waals surface area contributed by atoms with Gasteiger partial charge in [-0.3, -0.25) is 0 Å². The Morgan fingerprint density at radius 2 is 2.71 bits per heavy atom. The van der Waals surface area contributed by atoms with Crippen molar-refractivity contribution in [1.82, 2.24) is 0 Å². The second-order valence-electron chi connectivity index (χ2n) is 1.06. The average Bonchev–Trinajstić information content (AvgIpc) is 1.68. The molecule has 0 heterocycles. The molecule has 0 saturated heterocycles. The van der Waals surface area contributed by atoms with E-state index in [0.29, 0.717) is 10.1 Å². The number of hydrogen-bond donors (Lipinski definition) is 0. The molecule has 0 atom stereocenters. The van der Waals surface area contributed by atoms with Gasteiger partial charge in [-0.25, -0.2) is 0 Å². The summed E-state index contributed by atoms with van der Waals surface area (Å²) in [6, 6.07) is 0. The van der Waals surface area contributed by atoms with Gasteiger partial charge in [-0.15, -0.1) is 0 Å². The van der Waals surface area contributed by atoms with E-state index in [1.165, 1.54) is 0 Å². The second kappa shape index (κ2) is 7.95. The molecule has 0 aliphatic heterocycles. The Morgan fingerprint density at radius 3 is 2.86 bits per heavy atom. The summed E-state index contributed by atoms with van der Waals surface area (Å²) < 4.78 is 18.9. The van der Waals surface area contributed by atoms with Crippen LogP contribution in [0.25, 0.3) is 0 Å². The first-order valence-corrected chi connectivity index (χ1v) is 2.52. The minimum atomic E-state index is -0.926. The van der Waals surface area contributed by atoms with E-state index in [-0.39, 0.29) is 52.8 Å². The van der Waals surface area contributed by atoms with Crippen molar-refractivity contribution >= 4 is 0 Å². The first-order valence-electron chi connectivity index (χ1n) is 2.34. The molecule has 0 aliphatic carbocycles. The standard InChI is InChI=1S/C3H7FN.K.V.2H/c1-2-3-5-4;;;;/h2-3H2,1H3;;;;/q-1;+1;+2;;-1/i;;;2*1+2. The predicted molar refractivity (Wildman–Crippen MR) is 19.0 cm³/mol. The average molecular weight is 172 g/mol. The summed E-state index contributed by atoms with van der Waals surface area (Å²) in [6.45, 7) is 2.31. The molecule has 0 aromatic carbocycles. The fourth-order valence-corrected chi connectivity index (χ4v) is 0.497. The summed E-state index contributed by atoms with van der Waals surface area (Å²) in [7, 11) is 0. The van der Waals surface area contributed by atoms with Crippen molar-refractivity contribution in [3.05, 3.63) is 0 Å². The van der Waals surface area contributed by atoms with Crippen LogP contribution < -0.4 is 51.4 Å². The third-order valence-electron chi connectivity index (χ3n) is 0.408. The van der Waals surface area contributed by atoms with Crippen molar-refractivity contribution in [2.24, 2.45) is 0 Å². The van der Waals surface area contributed by atoms with Crippen LogP contribution in [0.1, 0.15) is 14.8 Å². The van der Waals surface area contributed by atoms with Gasteiger partial charge in [0.25, 0.3) is 0 Å². The molecule has 1 nitrogen and oxygen atoms in total. The first-order chi connectivity index (χ1) is 3.31. The van der Waals surface area contributed by atoms with Crippen molar-refractivity contribution in [3.63, 3.8) is 0 Å². The molecule has 0 aromatic rings. The fraction of sp³-hybridized carbons (Fsp3) is 1.00. The summed E-state index contributed by atoms with van der Waals surface area (Å²) in [4.78, 5) is 0. The molecule has 0 spiro atoms. The van der Waals surface area contributed by atoms with Crippen molar-refractivity contribution in [2.75, 3.05) is 6.54 Å². The maximum absolute atomic E-state index is 11.8. The maximum Gasteiger partial charge on any atom is 1.00 e. The Kier molecular flexibility index (Phi) is 10.2. The summed E-state index contributed by atoms with van der Waals surface area (Å²) in [6.07, 6.45) is 0.797. The molecular weight excluding hydrogens is 159 g/mol. The van der Waals surface area contributed by atoms with Crippen molar-refractivity contribution in [1.29, 1.82) is 0.879 Å². The molecule has 7 heavy (non-hydrogen) atoms. The van der Waals surface area contributed by atoms with E-state index in [1.54, 1.807) is 0 Å². The van der Waals surface area contributed by atoms with E-state index < -0.39 is 17.1 Å². The topological polar surface area (TPSA) is 3.01 Å². The van der Waals surface area contributed by atoms with Crippen molar-refractivity contribution < 1.29 is 78.0 Å². The van der Waals surface area contributed by atoms with Crippen LogP contribution in [0, 0.1) is 0 Å². The molecule has 0 aromatic heterocycles. The Morgan fingerprint density at radius 1 is 2.14 bits per heavy atom. The van der Waals surface area contributed by atoms with Gasteiger partial charge >= 0.3 is 97.3 Å². The van der Waals surface area contributed by atoms with Crippen LogP contribution in [0.5, 0.6) is 0 Å². The molecule has 0 unspecified atom stereocenters. The van der Waals surface area contributed by atoms with Gasteiger partial charge in [-0.05, 0) is 0 Å². The molecule has 0 aliphatic rings. The van der Waals surface area contributed by atoms with Crippen LogP contribution in [0.15, 0.2) is 0 Å². The van der Waals surface area contributed by atoms with Crippen LogP contribution in [0.3, 0.4) is 0 Å². The van der Waals surface area contributed by atoms with Gasteiger partial charge in [-0.2, -0.15) is 0 Å². The van der Waals surface area contributed by atoms with Crippen molar-refractivity contribution in [2.45, 2.75) is 13.3 Å². The number of rotatable bonds is 2. The van der Waals surface area contributed by atoms with E-state index in [1.807, 2.05) is 6.92 Å². The zero-order chi connectivity index (χ0) is 5.70. The number of halogens is 1. The van der Waals surface area contributed by atoms with Gasteiger partial charge in [-0.1, -0.05) is 0 Å². The third kappa shape index (κ3) is 11.5. The van der Waals surface area contributed by atoms with Crippen molar-refractivity contribution in [3.8, 4) is 0 Å². The predicted octanol–water partition coefficient (Wildman–Crippen LogP) is -2.13. The smallest absolute Gasteiger partial charge is 1.00 e. The fourth-order valence-electron chi connectivity index (χ4n) is 0.185. The van der Waals surface area contributed by atoms with E-state index in [9.17, 15) is 4.48 Å². The van der Waals surface area contributed by atoms with Crippen LogP contribution in [-0.4, -0.2) is 11.0 Å². The molecule has 0 saturated carbocycles. The summed E-state index contributed by atoms with van der Waals surface area (Å²) >= 11 is -0.926.